The summed E-state index contributed by atoms with van der Waals surface area (Å²) < 4.78 is 7.36. The lowest BCUT2D eigenvalue weighted by atomic mass is 10.0. The number of hydrogen-bond donors (Lipinski definition) is 0. The van der Waals surface area contributed by atoms with E-state index in [4.69, 9.17) is 15.0 Å². The van der Waals surface area contributed by atoms with Crippen LogP contribution in [0.3, 0.4) is 0 Å². The van der Waals surface area contributed by atoms with Gasteiger partial charge in [-0.3, -0.25) is 4.90 Å². The molecular formula is C51H30N4S3. The van der Waals surface area contributed by atoms with Gasteiger partial charge >= 0.3 is 0 Å². The third kappa shape index (κ3) is 5.43. The predicted molar refractivity (Wildman–Crippen MR) is 249 cm³/mol. The Kier molecular flexibility index (Phi) is 7.72. The number of nitrogens with zero attached hydrogens (tertiary/aromatic N) is 4. The molecule has 0 radical (unpaired) electrons. The Balaban J connectivity index is 1.16. The van der Waals surface area contributed by atoms with Crippen molar-refractivity contribution in [1.29, 1.82) is 0 Å². The zero-order valence-electron chi connectivity index (χ0n) is 30.8. The molecule has 0 aliphatic rings. The lowest BCUT2D eigenvalue weighted by Gasteiger charge is -2.25. The standard InChI is InChI=1S/C51H30N4S3/c1-2-13-31(14-3-1)32-15-10-16-34(29-32)55(41-22-12-26-46-47(41)38-19-6-9-25-44(38)57-46)51-53-49(33-27-28-45-40(30-33)36-18-5-7-23-42(36)56-45)52-50(54-51)39-21-11-20-37-35-17-4-8-24-43(35)58-48(37)39/h1-30H. The summed E-state index contributed by atoms with van der Waals surface area (Å²) in [6.45, 7) is 0. The topological polar surface area (TPSA) is 41.9 Å². The van der Waals surface area contributed by atoms with Crippen LogP contribution in [0, 0.1) is 0 Å². The van der Waals surface area contributed by atoms with Crippen LogP contribution in [-0.2, 0) is 0 Å². The largest absolute Gasteiger partial charge is 0.278 e. The Morgan fingerprint density at radius 1 is 0.362 bits per heavy atom. The van der Waals surface area contributed by atoms with Gasteiger partial charge in [0.05, 0.1) is 5.69 Å². The zero-order chi connectivity index (χ0) is 38.2. The van der Waals surface area contributed by atoms with Crippen molar-refractivity contribution < 1.29 is 0 Å². The molecule has 0 atom stereocenters. The fraction of sp³-hybridized carbons (Fsp3) is 0. The Morgan fingerprint density at radius 2 is 0.966 bits per heavy atom. The number of fused-ring (bicyclic) bond motifs is 9. The third-order valence-electron chi connectivity index (χ3n) is 10.9. The monoisotopic (exact) mass is 794 g/mol. The quantitative estimate of drug-likeness (QED) is 0.168. The number of benzene rings is 8. The van der Waals surface area contributed by atoms with Crippen molar-refractivity contribution in [3.63, 3.8) is 0 Å². The first-order valence-electron chi connectivity index (χ1n) is 19.2. The molecule has 58 heavy (non-hydrogen) atoms. The van der Waals surface area contributed by atoms with Crippen LogP contribution in [0.4, 0.5) is 17.3 Å². The van der Waals surface area contributed by atoms with Crippen molar-refractivity contribution in [2.45, 2.75) is 0 Å². The van der Waals surface area contributed by atoms with Crippen molar-refractivity contribution in [2.75, 3.05) is 4.90 Å². The molecule has 4 nitrogen and oxygen atoms in total. The Bertz CT molecular complexity index is 3550. The van der Waals surface area contributed by atoms with Gasteiger partial charge in [0.1, 0.15) is 0 Å². The van der Waals surface area contributed by atoms with E-state index in [0.717, 1.165) is 38.3 Å². The minimum Gasteiger partial charge on any atom is -0.278 e. The molecule has 0 amide bonds. The van der Waals surface area contributed by atoms with Crippen molar-refractivity contribution in [3.8, 4) is 33.9 Å². The fourth-order valence-corrected chi connectivity index (χ4v) is 11.7. The fourth-order valence-electron chi connectivity index (χ4n) is 8.26. The van der Waals surface area contributed by atoms with Crippen LogP contribution in [-0.4, -0.2) is 15.0 Å². The van der Waals surface area contributed by atoms with Crippen molar-refractivity contribution >= 4 is 112 Å². The maximum atomic E-state index is 5.49. The van der Waals surface area contributed by atoms with Gasteiger partial charge in [0, 0.05) is 77.3 Å². The van der Waals surface area contributed by atoms with E-state index < -0.39 is 0 Å². The minimum atomic E-state index is 0.557. The Hall–Kier alpha value is -6.77. The van der Waals surface area contributed by atoms with Gasteiger partial charge < -0.3 is 0 Å². The second-order valence-electron chi connectivity index (χ2n) is 14.4. The Labute approximate surface area is 345 Å². The molecule has 0 unspecified atom stereocenters. The first-order chi connectivity index (χ1) is 28.7. The number of aromatic nitrogens is 3. The van der Waals surface area contributed by atoms with Gasteiger partial charge in [0.15, 0.2) is 11.6 Å². The van der Waals surface area contributed by atoms with Gasteiger partial charge in [-0.15, -0.1) is 34.0 Å². The zero-order valence-corrected chi connectivity index (χ0v) is 33.3. The number of thiophene rings is 3. The van der Waals surface area contributed by atoms with E-state index in [2.05, 4.69) is 187 Å². The highest BCUT2D eigenvalue weighted by molar-refractivity contribution is 7.26. The summed E-state index contributed by atoms with van der Waals surface area (Å²) >= 11 is 5.42. The van der Waals surface area contributed by atoms with E-state index in [-0.39, 0.29) is 0 Å². The molecular weight excluding hydrogens is 765 g/mol. The summed E-state index contributed by atoms with van der Waals surface area (Å²) in [6, 6.07) is 64.9. The molecule has 0 N–H and O–H groups in total. The molecule has 4 aromatic heterocycles. The van der Waals surface area contributed by atoms with Gasteiger partial charge in [-0.05, 0) is 77.9 Å². The van der Waals surface area contributed by atoms with Crippen molar-refractivity contribution in [3.05, 3.63) is 182 Å². The molecule has 0 spiro atoms. The van der Waals surface area contributed by atoms with E-state index in [1.165, 1.54) is 55.8 Å². The second-order valence-corrected chi connectivity index (χ2v) is 17.6. The lowest BCUT2D eigenvalue weighted by molar-refractivity contribution is 1.03. The molecule has 12 aromatic rings. The molecule has 12 rings (SSSR count). The Morgan fingerprint density at radius 3 is 1.81 bits per heavy atom. The van der Waals surface area contributed by atoms with Crippen LogP contribution in [0.2, 0.25) is 0 Å². The molecule has 272 valence electrons. The summed E-state index contributed by atoms with van der Waals surface area (Å²) in [4.78, 5) is 18.6. The number of anilines is 3. The predicted octanol–water partition coefficient (Wildman–Crippen LogP) is 15.4. The third-order valence-corrected chi connectivity index (χ3v) is 14.4. The van der Waals surface area contributed by atoms with Crippen LogP contribution in [0.1, 0.15) is 0 Å². The first-order valence-corrected chi connectivity index (χ1v) is 21.6. The SMILES string of the molecule is c1ccc(-c2cccc(N(c3nc(-c4ccc5sc6ccccc6c5c4)nc(-c4cccc5c4sc4ccccc45)n3)c3cccc4sc5ccccc5c34)c2)cc1. The van der Waals surface area contributed by atoms with E-state index in [0.29, 0.717) is 17.6 Å². The van der Waals surface area contributed by atoms with E-state index in [1.807, 2.05) is 22.7 Å². The summed E-state index contributed by atoms with van der Waals surface area (Å²) in [5, 5.41) is 7.27. The molecule has 0 aliphatic carbocycles. The smallest absolute Gasteiger partial charge is 0.238 e. The van der Waals surface area contributed by atoms with Crippen LogP contribution >= 0.6 is 34.0 Å². The maximum absolute atomic E-state index is 5.49. The summed E-state index contributed by atoms with van der Waals surface area (Å²) in [7, 11) is 0. The average molecular weight is 795 g/mol. The molecule has 4 heterocycles. The highest BCUT2D eigenvalue weighted by Crippen LogP contribution is 2.46. The number of rotatable bonds is 6. The van der Waals surface area contributed by atoms with Gasteiger partial charge in [-0.25, -0.2) is 4.98 Å². The molecule has 0 bridgehead atoms. The van der Waals surface area contributed by atoms with Crippen LogP contribution in [0.5, 0.6) is 0 Å². The van der Waals surface area contributed by atoms with E-state index >= 15 is 0 Å². The molecule has 7 heteroatoms. The first kappa shape index (κ1) is 33.4. The average Bonchev–Trinajstić information content (AvgIpc) is 3.98. The summed E-state index contributed by atoms with van der Waals surface area (Å²) in [5.41, 5.74) is 6.18. The lowest BCUT2D eigenvalue weighted by Crippen LogP contribution is -2.15. The summed E-state index contributed by atoms with van der Waals surface area (Å²) in [6.07, 6.45) is 0. The van der Waals surface area contributed by atoms with Gasteiger partial charge in [0.2, 0.25) is 5.95 Å². The normalized spacial score (nSPS) is 11.8. The van der Waals surface area contributed by atoms with Crippen molar-refractivity contribution in [2.24, 2.45) is 0 Å². The van der Waals surface area contributed by atoms with Crippen LogP contribution < -0.4 is 4.90 Å². The second kappa shape index (κ2) is 13.4. The molecule has 0 fully saturated rings. The van der Waals surface area contributed by atoms with E-state index in [1.54, 1.807) is 11.3 Å². The van der Waals surface area contributed by atoms with Gasteiger partial charge in [-0.2, -0.15) is 9.97 Å². The van der Waals surface area contributed by atoms with Gasteiger partial charge in [-0.1, -0.05) is 115 Å². The highest BCUT2D eigenvalue weighted by atomic mass is 32.1. The maximum Gasteiger partial charge on any atom is 0.238 e. The van der Waals surface area contributed by atoms with Crippen LogP contribution in [0.15, 0.2) is 182 Å². The summed E-state index contributed by atoms with van der Waals surface area (Å²) in [5.74, 6) is 1.82. The molecule has 0 saturated carbocycles. The minimum absolute atomic E-state index is 0.557. The molecule has 8 aromatic carbocycles. The number of hydrogen-bond acceptors (Lipinski definition) is 7. The highest BCUT2D eigenvalue weighted by Gasteiger charge is 2.24. The van der Waals surface area contributed by atoms with Crippen molar-refractivity contribution in [1.82, 2.24) is 15.0 Å². The molecule has 0 aliphatic heterocycles. The van der Waals surface area contributed by atoms with Gasteiger partial charge in [0.25, 0.3) is 0 Å². The van der Waals surface area contributed by atoms with E-state index in [9.17, 15) is 0 Å². The molecule has 0 saturated heterocycles. The van der Waals surface area contributed by atoms with Crippen LogP contribution in [0.25, 0.3) is 94.4 Å².